The number of fused-ring (bicyclic) bond motifs is 2. The highest BCUT2D eigenvalue weighted by Gasteiger charge is 2.84. The fraction of sp³-hybridized carbons (Fsp3) is 0.720. The summed E-state index contributed by atoms with van der Waals surface area (Å²) in [6.45, 7) is 3.06. The Balaban J connectivity index is 0.922. The first-order chi connectivity index (χ1) is 15.1. The second-order valence-electron chi connectivity index (χ2n) is 11.2. The van der Waals surface area contributed by atoms with Crippen molar-refractivity contribution in [3.05, 3.63) is 24.3 Å². The molecule has 6 fully saturated rings. The number of hydrogen-bond acceptors (Lipinski definition) is 4. The van der Waals surface area contributed by atoms with Gasteiger partial charge in [-0.2, -0.15) is 0 Å². The number of amides is 2. The molecule has 2 bridgehead atoms. The monoisotopic (exact) mass is 423 g/mol. The van der Waals surface area contributed by atoms with Crippen molar-refractivity contribution in [2.24, 2.45) is 53.3 Å². The Hall–Kier alpha value is -1.95. The number of benzene rings is 1. The third kappa shape index (κ3) is 2.35. The molecular formula is C25H33N3O3. The largest absolute Gasteiger partial charge is 0.497 e. The van der Waals surface area contributed by atoms with E-state index in [-0.39, 0.29) is 6.03 Å². The zero-order chi connectivity index (χ0) is 20.9. The van der Waals surface area contributed by atoms with Crippen LogP contribution < -0.4 is 20.3 Å². The van der Waals surface area contributed by atoms with E-state index in [9.17, 15) is 9.90 Å². The topological polar surface area (TPSA) is 73.8 Å². The average Bonchev–Trinajstić information content (AvgIpc) is 3.47. The molecule has 2 amide bonds. The lowest BCUT2D eigenvalue weighted by Gasteiger charge is -2.51. The maximum absolute atomic E-state index is 12.6. The van der Waals surface area contributed by atoms with Gasteiger partial charge in [0.15, 0.2) is 0 Å². The SMILES string of the molecule is COc1cccc(N2CCC(CNC(=O)NCC3(O)C4C5CC6C7C5CC4C7C63)C2)c1. The van der Waals surface area contributed by atoms with Gasteiger partial charge >= 0.3 is 6.03 Å². The minimum Gasteiger partial charge on any atom is -0.497 e. The van der Waals surface area contributed by atoms with Crippen LogP contribution in [0, 0.1) is 53.3 Å². The minimum atomic E-state index is -0.640. The van der Waals surface area contributed by atoms with E-state index in [4.69, 9.17) is 4.74 Å². The van der Waals surface area contributed by atoms with Gasteiger partial charge in [-0.15, -0.1) is 0 Å². The molecule has 10 unspecified atom stereocenters. The summed E-state index contributed by atoms with van der Waals surface area (Å²) >= 11 is 0. The summed E-state index contributed by atoms with van der Waals surface area (Å²) in [5.74, 6) is 7.07. The third-order valence-electron chi connectivity index (χ3n) is 10.3. The number of nitrogens with zero attached hydrogens (tertiary/aromatic N) is 1. The van der Waals surface area contributed by atoms with Crippen LogP contribution >= 0.6 is 0 Å². The fourth-order valence-corrected chi connectivity index (χ4v) is 9.52. The minimum absolute atomic E-state index is 0.119. The molecule has 1 aromatic rings. The number of urea groups is 1. The molecule has 0 radical (unpaired) electrons. The van der Waals surface area contributed by atoms with Crippen molar-refractivity contribution in [3.63, 3.8) is 0 Å². The van der Waals surface area contributed by atoms with E-state index < -0.39 is 5.60 Å². The van der Waals surface area contributed by atoms with Crippen molar-refractivity contribution >= 4 is 11.7 Å². The number of hydrogen-bond donors (Lipinski definition) is 3. The number of anilines is 1. The summed E-state index contributed by atoms with van der Waals surface area (Å²) in [5.41, 5.74) is 0.537. The van der Waals surface area contributed by atoms with Crippen molar-refractivity contribution in [2.75, 3.05) is 38.2 Å². The second-order valence-corrected chi connectivity index (χ2v) is 11.2. The Morgan fingerprint density at radius 1 is 1.16 bits per heavy atom. The highest BCUT2D eigenvalue weighted by Crippen LogP contribution is 2.85. The van der Waals surface area contributed by atoms with Gasteiger partial charge in [0.25, 0.3) is 0 Å². The van der Waals surface area contributed by atoms with Gasteiger partial charge in [-0.1, -0.05) is 6.07 Å². The van der Waals surface area contributed by atoms with Gasteiger partial charge in [0.2, 0.25) is 0 Å². The van der Waals surface area contributed by atoms with Crippen LogP contribution in [0.25, 0.3) is 0 Å². The smallest absolute Gasteiger partial charge is 0.314 e. The van der Waals surface area contributed by atoms with Crippen LogP contribution in [0.4, 0.5) is 10.5 Å². The molecule has 1 aliphatic heterocycles. The maximum atomic E-state index is 12.6. The maximum Gasteiger partial charge on any atom is 0.314 e. The number of nitrogens with one attached hydrogen (secondary N) is 2. The summed E-state index contributed by atoms with van der Waals surface area (Å²) in [7, 11) is 1.69. The van der Waals surface area contributed by atoms with Gasteiger partial charge in [-0.3, -0.25) is 0 Å². The first-order valence-corrected chi connectivity index (χ1v) is 12.2. The lowest BCUT2D eigenvalue weighted by atomic mass is 9.56. The molecule has 1 aromatic carbocycles. The summed E-state index contributed by atoms with van der Waals surface area (Å²) < 4.78 is 5.34. The molecule has 5 saturated carbocycles. The normalized spacial score (nSPS) is 47.2. The van der Waals surface area contributed by atoms with E-state index >= 15 is 0 Å². The third-order valence-corrected chi connectivity index (χ3v) is 10.3. The first-order valence-electron chi connectivity index (χ1n) is 12.2. The van der Waals surface area contributed by atoms with E-state index in [1.54, 1.807) is 7.11 Å². The summed E-state index contributed by atoms with van der Waals surface area (Å²) in [5, 5.41) is 17.8. The Morgan fingerprint density at radius 2 is 2.00 bits per heavy atom. The van der Waals surface area contributed by atoms with Crippen LogP contribution in [0.3, 0.4) is 0 Å². The number of methoxy groups -OCH3 is 1. The molecule has 6 heteroatoms. The summed E-state index contributed by atoms with van der Waals surface area (Å²) in [6, 6.07) is 8.05. The van der Waals surface area contributed by atoms with Crippen LogP contribution in [-0.2, 0) is 0 Å². The van der Waals surface area contributed by atoms with Gasteiger partial charge in [-0.25, -0.2) is 4.79 Å². The molecule has 1 heterocycles. The zero-order valence-electron chi connectivity index (χ0n) is 18.2. The molecule has 1 saturated heterocycles. The molecule has 0 aromatic heterocycles. The average molecular weight is 424 g/mol. The van der Waals surface area contributed by atoms with E-state index in [0.717, 1.165) is 60.8 Å². The van der Waals surface area contributed by atoms with Crippen LogP contribution in [0.1, 0.15) is 19.3 Å². The van der Waals surface area contributed by atoms with E-state index in [1.165, 1.54) is 18.5 Å². The van der Waals surface area contributed by atoms with Crippen molar-refractivity contribution in [1.82, 2.24) is 10.6 Å². The molecule has 166 valence electrons. The van der Waals surface area contributed by atoms with Gasteiger partial charge in [0.1, 0.15) is 5.75 Å². The molecular weight excluding hydrogens is 390 g/mol. The lowest BCUT2D eigenvalue weighted by Crippen LogP contribution is -2.59. The highest BCUT2D eigenvalue weighted by molar-refractivity contribution is 5.74. The fourth-order valence-electron chi connectivity index (χ4n) is 9.52. The number of carbonyl (C=O) groups excluding carboxylic acids is 1. The quantitative estimate of drug-likeness (QED) is 0.657. The predicted octanol–water partition coefficient (Wildman–Crippen LogP) is 2.33. The van der Waals surface area contributed by atoms with Crippen LogP contribution in [0.5, 0.6) is 5.75 Å². The summed E-state index contributed by atoms with van der Waals surface area (Å²) in [4.78, 5) is 14.9. The molecule has 5 aliphatic carbocycles. The Kier molecular flexibility index (Phi) is 3.78. The van der Waals surface area contributed by atoms with Gasteiger partial charge in [0.05, 0.1) is 12.7 Å². The number of ether oxygens (including phenoxy) is 1. The van der Waals surface area contributed by atoms with E-state index in [2.05, 4.69) is 27.7 Å². The molecule has 0 spiro atoms. The van der Waals surface area contributed by atoms with Crippen LogP contribution in [0.15, 0.2) is 24.3 Å². The molecule has 6 aliphatic rings. The molecule has 10 atom stereocenters. The van der Waals surface area contributed by atoms with Crippen molar-refractivity contribution in [3.8, 4) is 5.75 Å². The van der Waals surface area contributed by atoms with Crippen LogP contribution in [-0.4, -0.2) is 50.0 Å². The zero-order valence-corrected chi connectivity index (χ0v) is 18.2. The highest BCUT2D eigenvalue weighted by atomic mass is 16.5. The van der Waals surface area contributed by atoms with Crippen molar-refractivity contribution < 1.29 is 14.6 Å². The van der Waals surface area contributed by atoms with E-state index in [1.807, 2.05) is 12.1 Å². The van der Waals surface area contributed by atoms with Crippen LogP contribution in [0.2, 0.25) is 0 Å². The Bertz CT molecular complexity index is 917. The number of rotatable bonds is 6. The number of aliphatic hydroxyl groups is 1. The Morgan fingerprint density at radius 3 is 2.87 bits per heavy atom. The number of carbonyl (C=O) groups is 1. The standard InChI is InChI=1S/C25H33N3O3/c1-31-15-4-2-3-14(7-15)28-6-5-13(11-28)10-26-24(29)27-12-25(30)22-17-9-18-20-16(17)8-19(22)21(20)23(18)25/h2-4,7,13,16-23,30H,5-6,8-12H2,1H3,(H2,26,27,29). The molecule has 3 N–H and O–H groups in total. The lowest BCUT2D eigenvalue weighted by molar-refractivity contribution is -0.126. The summed E-state index contributed by atoms with van der Waals surface area (Å²) in [6.07, 6.45) is 3.79. The molecule has 7 rings (SSSR count). The second kappa shape index (κ2) is 6.31. The van der Waals surface area contributed by atoms with Crippen molar-refractivity contribution in [1.29, 1.82) is 0 Å². The van der Waals surface area contributed by atoms with Crippen molar-refractivity contribution in [2.45, 2.75) is 24.9 Å². The van der Waals surface area contributed by atoms with Gasteiger partial charge < -0.3 is 25.4 Å². The molecule has 6 nitrogen and oxygen atoms in total. The van der Waals surface area contributed by atoms with E-state index in [0.29, 0.717) is 30.8 Å². The van der Waals surface area contributed by atoms with Gasteiger partial charge in [-0.05, 0) is 84.7 Å². The predicted molar refractivity (Wildman–Crippen MR) is 117 cm³/mol. The first kappa shape index (κ1) is 18.6. The Labute approximate surface area is 183 Å². The van der Waals surface area contributed by atoms with Gasteiger partial charge in [0, 0.05) is 37.9 Å². The molecule has 31 heavy (non-hydrogen) atoms.